The molecule has 0 fully saturated rings. The minimum absolute atomic E-state index is 0.113. The first-order valence-corrected chi connectivity index (χ1v) is 9.61. The number of aryl methyl sites for hydroxylation is 1. The molecule has 27 heavy (non-hydrogen) atoms. The molecular formula is C23H21BrN2O. The smallest absolute Gasteiger partial charge is 0.247 e. The van der Waals surface area contributed by atoms with E-state index >= 15 is 0 Å². The van der Waals surface area contributed by atoms with E-state index in [0.717, 1.165) is 15.6 Å². The van der Waals surface area contributed by atoms with Gasteiger partial charge in [-0.2, -0.15) is 5.10 Å². The second-order valence-electron chi connectivity index (χ2n) is 6.38. The van der Waals surface area contributed by atoms with Crippen LogP contribution < -0.4 is 5.43 Å². The summed E-state index contributed by atoms with van der Waals surface area (Å²) >= 11 is 3.40. The normalized spacial score (nSPS) is 12.1. The number of carbonyl (C=O) groups is 1. The lowest BCUT2D eigenvalue weighted by atomic mass is 9.90. The second kappa shape index (κ2) is 9.28. The third kappa shape index (κ3) is 5.38. The number of nitrogens with zero attached hydrogens (tertiary/aromatic N) is 1. The van der Waals surface area contributed by atoms with Gasteiger partial charge in [0, 0.05) is 4.47 Å². The van der Waals surface area contributed by atoms with E-state index in [1.807, 2.05) is 66.7 Å². The predicted octanol–water partition coefficient (Wildman–Crippen LogP) is 5.23. The summed E-state index contributed by atoms with van der Waals surface area (Å²) < 4.78 is 1.01. The van der Waals surface area contributed by atoms with Gasteiger partial charge in [0.05, 0.1) is 12.1 Å². The van der Waals surface area contributed by atoms with Crippen LogP contribution >= 0.6 is 15.9 Å². The van der Waals surface area contributed by atoms with Crippen molar-refractivity contribution in [2.75, 3.05) is 0 Å². The van der Waals surface area contributed by atoms with Crippen molar-refractivity contribution in [2.45, 2.75) is 19.3 Å². The molecule has 4 heteroatoms. The first kappa shape index (κ1) is 19.1. The van der Waals surface area contributed by atoms with Gasteiger partial charge >= 0.3 is 0 Å². The van der Waals surface area contributed by atoms with Crippen molar-refractivity contribution < 1.29 is 4.79 Å². The Morgan fingerprint density at radius 3 is 2.37 bits per heavy atom. The van der Waals surface area contributed by atoms with Crippen LogP contribution in [0.3, 0.4) is 0 Å². The molecule has 136 valence electrons. The average Bonchev–Trinajstić information content (AvgIpc) is 2.69. The molecule has 0 aliphatic rings. The van der Waals surface area contributed by atoms with Crippen LogP contribution in [-0.4, -0.2) is 12.1 Å². The fourth-order valence-corrected chi connectivity index (χ4v) is 3.17. The summed E-state index contributed by atoms with van der Waals surface area (Å²) in [7, 11) is 0. The molecule has 1 atom stereocenters. The standard InChI is InChI=1S/C23H21BrN2O/c1-17-7-5-6-10-20(17)15-22(19-8-3-2-4-9-19)23(27)26-25-16-18-11-13-21(24)14-12-18/h2-14,16,22H,15H2,1H3,(H,26,27)/b25-16+. The highest BCUT2D eigenvalue weighted by Crippen LogP contribution is 2.23. The summed E-state index contributed by atoms with van der Waals surface area (Å²) in [6.07, 6.45) is 2.29. The van der Waals surface area contributed by atoms with E-state index in [2.05, 4.69) is 45.5 Å². The number of carbonyl (C=O) groups excluding carboxylic acids is 1. The Hall–Kier alpha value is -2.72. The van der Waals surface area contributed by atoms with E-state index in [9.17, 15) is 4.79 Å². The monoisotopic (exact) mass is 420 g/mol. The quantitative estimate of drug-likeness (QED) is 0.430. The molecule has 0 aromatic heterocycles. The number of nitrogens with one attached hydrogen (secondary N) is 1. The molecule has 3 nitrogen and oxygen atoms in total. The molecule has 1 unspecified atom stereocenters. The third-order valence-electron chi connectivity index (χ3n) is 4.46. The van der Waals surface area contributed by atoms with E-state index in [1.54, 1.807) is 6.21 Å². The molecule has 3 aromatic rings. The Kier molecular flexibility index (Phi) is 6.55. The van der Waals surface area contributed by atoms with Crippen LogP contribution in [0.4, 0.5) is 0 Å². The van der Waals surface area contributed by atoms with E-state index in [4.69, 9.17) is 0 Å². The second-order valence-corrected chi connectivity index (χ2v) is 7.30. The van der Waals surface area contributed by atoms with Crippen molar-refractivity contribution in [3.63, 3.8) is 0 Å². The van der Waals surface area contributed by atoms with Gasteiger partial charge in [0.25, 0.3) is 0 Å². The number of amides is 1. The lowest BCUT2D eigenvalue weighted by molar-refractivity contribution is -0.122. The van der Waals surface area contributed by atoms with Crippen molar-refractivity contribution in [3.8, 4) is 0 Å². The van der Waals surface area contributed by atoms with Crippen molar-refractivity contribution >= 4 is 28.1 Å². The number of hydrogen-bond donors (Lipinski definition) is 1. The number of benzene rings is 3. The number of hydrogen-bond acceptors (Lipinski definition) is 2. The highest BCUT2D eigenvalue weighted by atomic mass is 79.9. The summed E-state index contributed by atoms with van der Waals surface area (Å²) in [5.74, 6) is -0.410. The third-order valence-corrected chi connectivity index (χ3v) is 4.99. The van der Waals surface area contributed by atoms with Gasteiger partial charge in [0.2, 0.25) is 5.91 Å². The maximum absolute atomic E-state index is 12.9. The molecule has 0 heterocycles. The molecule has 0 aliphatic heterocycles. The van der Waals surface area contributed by atoms with E-state index in [-0.39, 0.29) is 11.8 Å². The van der Waals surface area contributed by atoms with Crippen LogP contribution in [0, 0.1) is 6.92 Å². The fourth-order valence-electron chi connectivity index (χ4n) is 2.90. The Morgan fingerprint density at radius 1 is 1.00 bits per heavy atom. The van der Waals surface area contributed by atoms with Gasteiger partial charge in [0.15, 0.2) is 0 Å². The molecule has 0 saturated heterocycles. The Morgan fingerprint density at radius 2 is 1.67 bits per heavy atom. The highest BCUT2D eigenvalue weighted by molar-refractivity contribution is 9.10. The summed E-state index contributed by atoms with van der Waals surface area (Å²) in [5.41, 5.74) is 6.96. The van der Waals surface area contributed by atoms with E-state index in [1.165, 1.54) is 11.1 Å². The zero-order chi connectivity index (χ0) is 19.1. The molecule has 0 aliphatic carbocycles. The molecule has 0 spiro atoms. The van der Waals surface area contributed by atoms with Gasteiger partial charge in [-0.05, 0) is 47.7 Å². The molecule has 0 radical (unpaired) electrons. The topological polar surface area (TPSA) is 41.5 Å². The first-order valence-electron chi connectivity index (χ1n) is 8.81. The Balaban J connectivity index is 1.76. The lowest BCUT2D eigenvalue weighted by Crippen LogP contribution is -2.27. The van der Waals surface area contributed by atoms with Crippen molar-refractivity contribution in [1.82, 2.24) is 5.43 Å². The van der Waals surface area contributed by atoms with Gasteiger partial charge in [-0.1, -0.05) is 82.7 Å². The lowest BCUT2D eigenvalue weighted by Gasteiger charge is -2.17. The van der Waals surface area contributed by atoms with Gasteiger partial charge < -0.3 is 0 Å². The number of halogens is 1. The molecule has 3 rings (SSSR count). The highest BCUT2D eigenvalue weighted by Gasteiger charge is 2.21. The maximum Gasteiger partial charge on any atom is 0.247 e. The predicted molar refractivity (Wildman–Crippen MR) is 114 cm³/mol. The zero-order valence-electron chi connectivity index (χ0n) is 15.1. The Bertz CT molecular complexity index is 921. The van der Waals surface area contributed by atoms with Crippen LogP contribution in [0.5, 0.6) is 0 Å². The minimum Gasteiger partial charge on any atom is -0.272 e. The average molecular weight is 421 g/mol. The molecule has 0 bridgehead atoms. The SMILES string of the molecule is Cc1ccccc1CC(C(=O)N/N=C/c1ccc(Br)cc1)c1ccccc1. The largest absolute Gasteiger partial charge is 0.272 e. The summed E-state index contributed by atoms with van der Waals surface area (Å²) in [5, 5.41) is 4.14. The maximum atomic E-state index is 12.9. The van der Waals surface area contributed by atoms with Crippen LogP contribution in [0.1, 0.15) is 28.2 Å². The fraction of sp³-hybridized carbons (Fsp3) is 0.130. The summed E-state index contributed by atoms with van der Waals surface area (Å²) in [6.45, 7) is 2.07. The summed E-state index contributed by atoms with van der Waals surface area (Å²) in [6, 6.07) is 25.8. The van der Waals surface area contributed by atoms with Crippen molar-refractivity contribution in [3.05, 3.63) is 106 Å². The minimum atomic E-state index is -0.297. The first-order chi connectivity index (χ1) is 13.1. The zero-order valence-corrected chi connectivity index (χ0v) is 16.7. The van der Waals surface area contributed by atoms with Gasteiger partial charge in [-0.25, -0.2) is 5.43 Å². The van der Waals surface area contributed by atoms with Crippen LogP contribution in [0.15, 0.2) is 88.4 Å². The molecule has 1 N–H and O–H groups in total. The van der Waals surface area contributed by atoms with Crippen LogP contribution in [0.2, 0.25) is 0 Å². The van der Waals surface area contributed by atoms with E-state index < -0.39 is 0 Å². The Labute approximate surface area is 168 Å². The van der Waals surface area contributed by atoms with Crippen molar-refractivity contribution in [2.24, 2.45) is 5.10 Å². The molecule has 0 saturated carbocycles. The van der Waals surface area contributed by atoms with Crippen LogP contribution in [-0.2, 0) is 11.2 Å². The molecular weight excluding hydrogens is 400 g/mol. The summed E-state index contributed by atoms with van der Waals surface area (Å²) in [4.78, 5) is 12.9. The number of hydrazone groups is 1. The molecule has 3 aromatic carbocycles. The molecule has 1 amide bonds. The van der Waals surface area contributed by atoms with Crippen molar-refractivity contribution in [1.29, 1.82) is 0 Å². The van der Waals surface area contributed by atoms with Gasteiger partial charge in [0.1, 0.15) is 0 Å². The van der Waals surface area contributed by atoms with Gasteiger partial charge in [-0.15, -0.1) is 0 Å². The van der Waals surface area contributed by atoms with Gasteiger partial charge in [-0.3, -0.25) is 4.79 Å². The number of rotatable bonds is 6. The van der Waals surface area contributed by atoms with E-state index in [0.29, 0.717) is 6.42 Å². The van der Waals surface area contributed by atoms with Crippen LogP contribution in [0.25, 0.3) is 0 Å².